The molecule has 0 saturated heterocycles. The Morgan fingerprint density at radius 1 is 0.532 bits per heavy atom. The van der Waals surface area contributed by atoms with Gasteiger partial charge in [0, 0.05) is 44.2 Å². The number of hydrogen-bond donors (Lipinski definition) is 12. The number of aliphatic carboxylic acids is 2. The third kappa shape index (κ3) is 22.6. The lowest BCUT2D eigenvalue weighted by atomic mass is 9.79. The highest BCUT2D eigenvalue weighted by atomic mass is 16.5. The van der Waals surface area contributed by atoms with Gasteiger partial charge in [0.05, 0.1) is 97.6 Å². The van der Waals surface area contributed by atoms with Crippen LogP contribution in [0.5, 0.6) is 0 Å². The van der Waals surface area contributed by atoms with Crippen LogP contribution in [-0.2, 0) is 38.1 Å². The minimum absolute atomic E-state index is 0.0137. The van der Waals surface area contributed by atoms with E-state index in [-0.39, 0.29) is 125 Å². The van der Waals surface area contributed by atoms with Crippen molar-refractivity contribution in [1.82, 2.24) is 0 Å². The van der Waals surface area contributed by atoms with Crippen molar-refractivity contribution in [2.24, 2.45) is 58.7 Å². The number of carboxylic acids is 4. The summed E-state index contributed by atoms with van der Waals surface area (Å²) in [5.74, 6) is -10.8. The fourth-order valence-electron chi connectivity index (χ4n) is 8.50. The summed E-state index contributed by atoms with van der Waals surface area (Å²) in [6, 6.07) is 11.4. The van der Waals surface area contributed by atoms with Gasteiger partial charge in [0.2, 0.25) is 0 Å². The second-order valence-electron chi connectivity index (χ2n) is 18.8. The molecule has 5 rings (SSSR count). The summed E-state index contributed by atoms with van der Waals surface area (Å²) < 4.78 is 20.1. The SMILES string of the molecule is C=C.CCC(CO)(CO)COC(=O)c1ccccc1C(=O)O.O=C(O)C1C2C=CC(C2)C1C(=O)OCC(CO)CCO.O=C(O)C1CCCCC1C(=O)OCC(CO)CCO.O=C(O)c1ccccc1C(=O)OCC(CO)CO. The molecule has 0 amide bonds. The predicted octanol–water partition coefficient (Wildman–Crippen LogP) is 2.32. The number of carbonyl (C=O) groups excluding carboxylic acids is 4. The molecule has 8 unspecified atom stereocenters. The number of hydrogen-bond acceptors (Lipinski definition) is 20. The van der Waals surface area contributed by atoms with E-state index in [1.807, 2.05) is 12.2 Å². The second kappa shape index (κ2) is 38.0. The quantitative estimate of drug-likeness (QED) is 0.0347. The first-order chi connectivity index (χ1) is 37.8. The molecule has 2 aromatic carbocycles. The normalized spacial score (nSPS) is 19.4. The van der Waals surface area contributed by atoms with E-state index in [0.717, 1.165) is 12.8 Å². The van der Waals surface area contributed by atoms with E-state index >= 15 is 0 Å². The lowest BCUT2D eigenvalue weighted by Crippen LogP contribution is -2.35. The van der Waals surface area contributed by atoms with Gasteiger partial charge in [-0.1, -0.05) is 56.2 Å². The Bertz CT molecular complexity index is 2230. The summed E-state index contributed by atoms with van der Waals surface area (Å²) in [4.78, 5) is 91.9. The maximum atomic E-state index is 12.1. The molecule has 2 bridgehead atoms. The number of aliphatic hydroxyl groups is 8. The maximum Gasteiger partial charge on any atom is 0.339 e. The van der Waals surface area contributed by atoms with Crippen molar-refractivity contribution in [3.8, 4) is 0 Å². The molecule has 0 spiro atoms. The molecule has 0 aromatic heterocycles. The van der Waals surface area contributed by atoms with Crippen LogP contribution in [0.3, 0.4) is 0 Å². The standard InChI is InChI=1S/C14H20O6.C14H18O6.C13H22O6.C12H14O6.C2H4/c15-4-3-8(6-16)7-20-14(19)12-10-2-1-9(5-10)11(12)13(17)18;1-2-14(7-15,8-16)9-20-13(19)11-6-4-3-5-10(11)12(17)18;14-6-5-9(7-15)8-19-13(18)11-4-2-1-3-10(11)12(16)17;13-5-8(6-14)7-18-12(17)10-4-2-1-3-9(10)11(15)16;1-2/h1-2,8-12,15-16H,3-7H2,(H,17,18);3-6,15-16H,2,7-9H2,1H3,(H,17,18);9-11,14-15H,1-8H2,(H,16,17);1-4,8,13-14H,5-7H2,(H,15,16);1-2H2. The largest absolute Gasteiger partial charge is 0.481 e. The highest BCUT2D eigenvalue weighted by Gasteiger charge is 2.52. The summed E-state index contributed by atoms with van der Waals surface area (Å²) >= 11 is 0. The van der Waals surface area contributed by atoms with Gasteiger partial charge >= 0.3 is 47.8 Å². The first kappa shape index (κ1) is 70.4. The highest BCUT2D eigenvalue weighted by Crippen LogP contribution is 2.48. The smallest absolute Gasteiger partial charge is 0.339 e. The van der Waals surface area contributed by atoms with Crippen LogP contribution in [0.1, 0.15) is 99.7 Å². The van der Waals surface area contributed by atoms with Crippen molar-refractivity contribution in [1.29, 1.82) is 0 Å². The number of allylic oxidation sites excluding steroid dienone is 2. The Hall–Kier alpha value is -6.64. The highest BCUT2D eigenvalue weighted by molar-refractivity contribution is 6.03. The number of fused-ring (bicyclic) bond motifs is 2. The molecular formula is C55H78O24. The molecule has 2 fully saturated rings. The molecule has 0 heterocycles. The Morgan fingerprint density at radius 2 is 0.937 bits per heavy atom. The fraction of sp³-hybridized carbons (Fsp3) is 0.564. The van der Waals surface area contributed by atoms with E-state index in [1.54, 1.807) is 6.92 Å². The van der Waals surface area contributed by atoms with Crippen molar-refractivity contribution < 1.29 is 119 Å². The van der Waals surface area contributed by atoms with Crippen LogP contribution in [0.25, 0.3) is 0 Å². The molecule has 0 radical (unpaired) electrons. The summed E-state index contributed by atoms with van der Waals surface area (Å²) in [6.07, 6.45) is 8.30. The number of esters is 4. The van der Waals surface area contributed by atoms with Gasteiger partial charge in [-0.05, 0) is 74.6 Å². The topological polar surface area (TPSA) is 416 Å². The minimum Gasteiger partial charge on any atom is -0.481 e. The zero-order valence-corrected chi connectivity index (χ0v) is 44.3. The monoisotopic (exact) mass is 1120 g/mol. The number of aromatic carboxylic acids is 2. The van der Waals surface area contributed by atoms with Crippen molar-refractivity contribution in [2.75, 3.05) is 79.3 Å². The first-order valence-corrected chi connectivity index (χ1v) is 25.6. The van der Waals surface area contributed by atoms with Crippen molar-refractivity contribution >= 4 is 47.8 Å². The van der Waals surface area contributed by atoms with Gasteiger partial charge in [0.25, 0.3) is 0 Å². The van der Waals surface area contributed by atoms with Crippen LogP contribution in [-0.4, -0.2) is 188 Å². The second-order valence-corrected chi connectivity index (χ2v) is 18.8. The molecule has 0 aliphatic heterocycles. The van der Waals surface area contributed by atoms with Crippen molar-refractivity contribution in [3.63, 3.8) is 0 Å². The minimum atomic E-state index is -1.22. The van der Waals surface area contributed by atoms with E-state index in [0.29, 0.717) is 38.5 Å². The number of carboxylic acid groups (broad SMARTS) is 4. The molecule has 3 aliphatic rings. The van der Waals surface area contributed by atoms with Gasteiger partial charge in [-0.3, -0.25) is 19.2 Å². The third-order valence-electron chi connectivity index (χ3n) is 13.6. The predicted molar refractivity (Wildman–Crippen MR) is 278 cm³/mol. The summed E-state index contributed by atoms with van der Waals surface area (Å²) in [5.41, 5.74) is -1.31. The summed E-state index contributed by atoms with van der Waals surface area (Å²) in [7, 11) is 0. The van der Waals surface area contributed by atoms with Crippen LogP contribution < -0.4 is 0 Å². The van der Waals surface area contributed by atoms with E-state index in [1.165, 1.54) is 48.5 Å². The Kier molecular flexibility index (Phi) is 33.9. The maximum absolute atomic E-state index is 12.1. The lowest BCUT2D eigenvalue weighted by Gasteiger charge is -2.27. The Labute approximate surface area is 457 Å². The molecule has 24 nitrogen and oxygen atoms in total. The number of aliphatic hydroxyl groups excluding tert-OH is 8. The Morgan fingerprint density at radius 3 is 1.33 bits per heavy atom. The summed E-state index contributed by atoms with van der Waals surface area (Å²) in [5, 5.41) is 108. The number of carbonyl (C=O) groups is 8. The molecule has 2 saturated carbocycles. The van der Waals surface area contributed by atoms with E-state index in [4.69, 9.17) is 64.9 Å². The average molecular weight is 1120 g/mol. The summed E-state index contributed by atoms with van der Waals surface area (Å²) in [6.45, 7) is 5.67. The molecule has 8 atom stereocenters. The zero-order valence-electron chi connectivity index (χ0n) is 44.3. The van der Waals surface area contributed by atoms with E-state index < -0.39 is 82.8 Å². The molecule has 24 heteroatoms. The molecule has 3 aliphatic carbocycles. The third-order valence-corrected chi connectivity index (χ3v) is 13.6. The van der Waals surface area contributed by atoms with Crippen LogP contribution in [0.4, 0.5) is 0 Å². The number of ether oxygens (including phenoxy) is 4. The molecule has 12 N–H and O–H groups in total. The average Bonchev–Trinajstić information content (AvgIpc) is 4.23. The lowest BCUT2D eigenvalue weighted by molar-refractivity contribution is -0.161. The van der Waals surface area contributed by atoms with Gasteiger partial charge in [-0.25, -0.2) is 19.2 Å². The van der Waals surface area contributed by atoms with Crippen molar-refractivity contribution in [2.45, 2.75) is 58.3 Å². The number of rotatable bonds is 27. The fourth-order valence-corrected chi connectivity index (χ4v) is 8.50. The van der Waals surface area contributed by atoms with Crippen LogP contribution in [0, 0.1) is 58.7 Å². The zero-order chi connectivity index (χ0) is 59.7. The van der Waals surface area contributed by atoms with Gasteiger partial charge in [0.15, 0.2) is 0 Å². The van der Waals surface area contributed by atoms with E-state index in [2.05, 4.69) is 13.2 Å². The van der Waals surface area contributed by atoms with Gasteiger partial charge in [-0.2, -0.15) is 0 Å². The molecule has 79 heavy (non-hydrogen) atoms. The Balaban J connectivity index is 0.000000521. The molecular weight excluding hydrogens is 1040 g/mol. The van der Waals surface area contributed by atoms with Gasteiger partial charge in [0.1, 0.15) is 6.61 Å². The van der Waals surface area contributed by atoms with Crippen LogP contribution >= 0.6 is 0 Å². The number of benzene rings is 2. The molecule has 442 valence electrons. The molecule has 2 aromatic rings. The first-order valence-electron chi connectivity index (χ1n) is 25.6. The van der Waals surface area contributed by atoms with Crippen LogP contribution in [0.15, 0.2) is 73.8 Å². The van der Waals surface area contributed by atoms with Crippen LogP contribution in [0.2, 0.25) is 0 Å². The van der Waals surface area contributed by atoms with E-state index in [9.17, 15) is 53.7 Å². The van der Waals surface area contributed by atoms with Gasteiger partial charge < -0.3 is 80.2 Å². The van der Waals surface area contributed by atoms with Gasteiger partial charge in [-0.15, -0.1) is 13.2 Å². The van der Waals surface area contributed by atoms with Crippen molar-refractivity contribution in [3.05, 3.63) is 96.1 Å².